The van der Waals surface area contributed by atoms with Crippen LogP contribution in [-0.2, 0) is 6.42 Å². The van der Waals surface area contributed by atoms with E-state index in [2.05, 4.69) is 11.9 Å². The average Bonchev–Trinajstić information content (AvgIpc) is 2.75. The van der Waals surface area contributed by atoms with Gasteiger partial charge in [-0.1, -0.05) is 58.4 Å². The molecule has 30 heavy (non-hydrogen) atoms. The minimum atomic E-state index is -0.702. The molecule has 0 aliphatic rings. The molecule has 0 spiro atoms. The van der Waals surface area contributed by atoms with Crippen molar-refractivity contribution in [3.8, 4) is 17.0 Å². The maximum Gasteiger partial charge on any atom is 0.165 e. The van der Waals surface area contributed by atoms with Gasteiger partial charge in [-0.05, 0) is 61.9 Å². The minimum Gasteiger partial charge on any atom is -0.491 e. The van der Waals surface area contributed by atoms with Crippen molar-refractivity contribution >= 4 is 0 Å². The number of pyridine rings is 1. The molecule has 4 heteroatoms. The predicted octanol–water partition coefficient (Wildman–Crippen LogP) is 8.09. The Morgan fingerprint density at radius 1 is 0.900 bits per heavy atom. The zero-order chi connectivity index (χ0) is 21.6. The molecule has 0 amide bonds. The number of unbranched alkanes of at least 4 members (excludes halogenated alkanes) is 5. The fourth-order valence-corrected chi connectivity index (χ4v) is 3.57. The Bertz CT molecular complexity index is 717. The average molecular weight is 418 g/mol. The number of alkyl halides is 1. The predicted molar refractivity (Wildman–Crippen MR) is 121 cm³/mol. The molecule has 0 fully saturated rings. The monoisotopic (exact) mass is 417 g/mol. The maximum atomic E-state index is 14.4. The second-order valence-electron chi connectivity index (χ2n) is 8.09. The van der Waals surface area contributed by atoms with Gasteiger partial charge in [-0.15, -0.1) is 0 Å². The van der Waals surface area contributed by atoms with Crippen molar-refractivity contribution in [2.75, 3.05) is 6.61 Å². The summed E-state index contributed by atoms with van der Waals surface area (Å²) in [5, 5.41) is 0. The van der Waals surface area contributed by atoms with E-state index in [4.69, 9.17) is 4.74 Å². The van der Waals surface area contributed by atoms with Crippen molar-refractivity contribution in [3.05, 3.63) is 47.9 Å². The van der Waals surface area contributed by atoms with Gasteiger partial charge >= 0.3 is 0 Å². The first-order chi connectivity index (χ1) is 14.6. The van der Waals surface area contributed by atoms with Gasteiger partial charge in [-0.3, -0.25) is 4.98 Å². The molecule has 2 nitrogen and oxygen atoms in total. The van der Waals surface area contributed by atoms with E-state index >= 15 is 0 Å². The Morgan fingerprint density at radius 3 is 2.40 bits per heavy atom. The summed E-state index contributed by atoms with van der Waals surface area (Å²) in [6, 6.07) is 8.92. The fourth-order valence-electron chi connectivity index (χ4n) is 3.57. The largest absolute Gasteiger partial charge is 0.491 e. The number of rotatable bonds is 15. The highest BCUT2D eigenvalue weighted by molar-refractivity contribution is 5.60. The summed E-state index contributed by atoms with van der Waals surface area (Å²) < 4.78 is 33.6. The normalized spacial score (nSPS) is 12.1. The van der Waals surface area contributed by atoms with Crippen LogP contribution in [0.1, 0.15) is 83.6 Å². The number of benzene rings is 1. The van der Waals surface area contributed by atoms with Gasteiger partial charge in [-0.2, -0.15) is 0 Å². The summed E-state index contributed by atoms with van der Waals surface area (Å²) in [4.78, 5) is 4.46. The third-order valence-corrected chi connectivity index (χ3v) is 5.39. The number of aromatic nitrogens is 1. The molecule has 0 aliphatic heterocycles. The molecule has 0 saturated carbocycles. The highest BCUT2D eigenvalue weighted by Crippen LogP contribution is 2.25. The topological polar surface area (TPSA) is 22.1 Å². The van der Waals surface area contributed by atoms with Crippen molar-refractivity contribution in [1.82, 2.24) is 4.98 Å². The second-order valence-corrected chi connectivity index (χ2v) is 8.09. The number of halogens is 2. The lowest BCUT2D eigenvalue weighted by Gasteiger charge is -2.09. The lowest BCUT2D eigenvalue weighted by Crippen LogP contribution is -2.00. The minimum absolute atomic E-state index is 0.303. The lowest BCUT2D eigenvalue weighted by atomic mass is 10.0. The smallest absolute Gasteiger partial charge is 0.165 e. The SMILES string of the molecule is CCCCCCCCOc1ccc(-c2ccc(CCCC(F)CCC)cn2)cc1F. The van der Waals surface area contributed by atoms with Gasteiger partial charge in [0.2, 0.25) is 0 Å². The molecule has 166 valence electrons. The molecule has 0 saturated heterocycles. The van der Waals surface area contributed by atoms with Crippen molar-refractivity contribution in [1.29, 1.82) is 0 Å². The van der Waals surface area contributed by atoms with Crippen LogP contribution in [0.25, 0.3) is 11.3 Å². The van der Waals surface area contributed by atoms with Crippen LogP contribution in [0, 0.1) is 5.82 Å². The van der Waals surface area contributed by atoms with E-state index in [0.717, 1.165) is 48.9 Å². The number of hydrogen-bond acceptors (Lipinski definition) is 2. The number of ether oxygens (including phenoxy) is 1. The van der Waals surface area contributed by atoms with E-state index in [0.29, 0.717) is 25.2 Å². The third-order valence-electron chi connectivity index (χ3n) is 5.39. The number of nitrogens with zero attached hydrogens (tertiary/aromatic N) is 1. The van der Waals surface area contributed by atoms with Crippen LogP contribution in [0.5, 0.6) is 5.75 Å². The summed E-state index contributed by atoms with van der Waals surface area (Å²) in [5.74, 6) is -0.0499. The van der Waals surface area contributed by atoms with Gasteiger partial charge in [0.25, 0.3) is 0 Å². The first kappa shape index (κ1) is 24.3. The summed E-state index contributed by atoms with van der Waals surface area (Å²) in [5.41, 5.74) is 2.55. The molecule has 1 aromatic heterocycles. The molecular formula is C26H37F2NO. The van der Waals surface area contributed by atoms with E-state index in [9.17, 15) is 8.78 Å². The van der Waals surface area contributed by atoms with Crippen molar-refractivity contribution in [2.45, 2.75) is 90.6 Å². The third kappa shape index (κ3) is 8.81. The zero-order valence-electron chi connectivity index (χ0n) is 18.6. The highest BCUT2D eigenvalue weighted by Gasteiger charge is 2.08. The maximum absolute atomic E-state index is 14.4. The fraction of sp³-hybridized carbons (Fsp3) is 0.577. The molecule has 0 radical (unpaired) electrons. The molecule has 1 unspecified atom stereocenters. The van der Waals surface area contributed by atoms with Crippen LogP contribution in [0.2, 0.25) is 0 Å². The van der Waals surface area contributed by atoms with E-state index in [-0.39, 0.29) is 5.82 Å². The van der Waals surface area contributed by atoms with Gasteiger partial charge in [0.1, 0.15) is 6.17 Å². The van der Waals surface area contributed by atoms with Crippen LogP contribution in [0.4, 0.5) is 8.78 Å². The highest BCUT2D eigenvalue weighted by atomic mass is 19.1. The lowest BCUT2D eigenvalue weighted by molar-refractivity contribution is 0.288. The summed E-state index contributed by atoms with van der Waals surface area (Å²) >= 11 is 0. The molecule has 1 aromatic carbocycles. The van der Waals surface area contributed by atoms with Gasteiger partial charge in [0.15, 0.2) is 11.6 Å². The Hall–Kier alpha value is -1.97. The number of hydrogen-bond donors (Lipinski definition) is 0. The summed E-state index contributed by atoms with van der Waals surface area (Å²) in [7, 11) is 0. The standard InChI is InChI=1S/C26H37F2NO/c1-3-5-6-7-8-9-18-30-26-17-15-22(19-24(26)28)25-16-14-21(20-29-25)12-10-13-23(27)11-4-2/h14-17,19-20,23H,3-13,18H2,1-2H3. The van der Waals surface area contributed by atoms with E-state index < -0.39 is 6.17 Å². The van der Waals surface area contributed by atoms with Crippen molar-refractivity contribution < 1.29 is 13.5 Å². The molecule has 0 N–H and O–H groups in total. The molecule has 1 atom stereocenters. The molecule has 1 heterocycles. The summed E-state index contributed by atoms with van der Waals surface area (Å²) in [6.45, 7) is 4.76. The molecular weight excluding hydrogens is 380 g/mol. The van der Waals surface area contributed by atoms with Gasteiger partial charge in [0, 0.05) is 11.8 Å². The van der Waals surface area contributed by atoms with Crippen LogP contribution in [-0.4, -0.2) is 17.8 Å². The first-order valence-corrected chi connectivity index (χ1v) is 11.7. The zero-order valence-corrected chi connectivity index (χ0v) is 18.6. The van der Waals surface area contributed by atoms with Gasteiger partial charge in [0.05, 0.1) is 12.3 Å². The Labute approximate surface area is 181 Å². The quantitative estimate of drug-likeness (QED) is 0.273. The van der Waals surface area contributed by atoms with Crippen LogP contribution in [0.3, 0.4) is 0 Å². The van der Waals surface area contributed by atoms with Crippen molar-refractivity contribution in [2.24, 2.45) is 0 Å². The summed E-state index contributed by atoms with van der Waals surface area (Å²) in [6.07, 6.45) is 11.9. The molecule has 0 bridgehead atoms. The molecule has 2 aromatic rings. The van der Waals surface area contributed by atoms with E-state index in [1.807, 2.05) is 31.3 Å². The van der Waals surface area contributed by atoms with Crippen LogP contribution >= 0.6 is 0 Å². The molecule has 0 aliphatic carbocycles. The van der Waals surface area contributed by atoms with Gasteiger partial charge in [-0.25, -0.2) is 8.78 Å². The van der Waals surface area contributed by atoms with E-state index in [1.165, 1.54) is 31.7 Å². The van der Waals surface area contributed by atoms with Gasteiger partial charge < -0.3 is 4.74 Å². The van der Waals surface area contributed by atoms with Crippen LogP contribution in [0.15, 0.2) is 36.5 Å². The first-order valence-electron chi connectivity index (χ1n) is 11.7. The Kier molecular flexibility index (Phi) is 11.4. The molecule has 2 rings (SSSR count). The van der Waals surface area contributed by atoms with E-state index in [1.54, 1.807) is 6.07 Å². The van der Waals surface area contributed by atoms with Crippen LogP contribution < -0.4 is 4.74 Å². The van der Waals surface area contributed by atoms with Crippen molar-refractivity contribution in [3.63, 3.8) is 0 Å². The number of aryl methyl sites for hydroxylation is 1. The Balaban J connectivity index is 1.79. The Morgan fingerprint density at radius 2 is 1.70 bits per heavy atom. The second kappa shape index (κ2) is 14.1.